The lowest BCUT2D eigenvalue weighted by Gasteiger charge is -2.40. The Morgan fingerprint density at radius 1 is 1.39 bits per heavy atom. The summed E-state index contributed by atoms with van der Waals surface area (Å²) in [5.74, 6) is -6.16. The average Bonchev–Trinajstić information content (AvgIpc) is 2.23. The summed E-state index contributed by atoms with van der Waals surface area (Å²) >= 11 is 0. The number of alkyl halides is 5. The van der Waals surface area contributed by atoms with E-state index in [-0.39, 0.29) is 12.2 Å². The predicted octanol–water partition coefficient (Wildman–Crippen LogP) is 2.62. The molecule has 0 heterocycles. The van der Waals surface area contributed by atoms with Gasteiger partial charge in [0.15, 0.2) is 6.17 Å². The van der Waals surface area contributed by atoms with Gasteiger partial charge in [-0.05, 0) is 25.0 Å². The zero-order chi connectivity index (χ0) is 14.2. The van der Waals surface area contributed by atoms with Crippen molar-refractivity contribution < 1.29 is 36.6 Å². The molecular weight excluding hydrogens is 263 g/mol. The molecule has 1 aliphatic rings. The number of hydrogen-bond donors (Lipinski definition) is 1. The molecule has 3 unspecified atom stereocenters. The molecule has 0 saturated heterocycles. The minimum absolute atomic E-state index is 0.0158. The Morgan fingerprint density at radius 2 is 1.94 bits per heavy atom. The number of rotatable bonds is 1. The van der Waals surface area contributed by atoms with Crippen LogP contribution in [0, 0.1) is 11.8 Å². The lowest BCUT2D eigenvalue weighted by Crippen LogP contribution is -2.64. The van der Waals surface area contributed by atoms with Crippen LogP contribution in [0.5, 0.6) is 0 Å². The van der Waals surface area contributed by atoms with Crippen molar-refractivity contribution in [3.63, 3.8) is 0 Å². The van der Waals surface area contributed by atoms with Gasteiger partial charge in [0.2, 0.25) is 0 Å². The number of halogens is 5. The first-order chi connectivity index (χ1) is 8.10. The van der Waals surface area contributed by atoms with Gasteiger partial charge in [0.1, 0.15) is 0 Å². The summed E-state index contributed by atoms with van der Waals surface area (Å²) in [4.78, 5) is 10.2. The molecule has 100 valence electrons. The Balaban J connectivity index is 3.44. The number of carbonyl (C=O) groups is 1. The molecule has 8 heteroatoms. The van der Waals surface area contributed by atoms with Crippen LogP contribution in [0.3, 0.4) is 0 Å². The zero-order valence-electron chi connectivity index (χ0n) is 8.89. The van der Waals surface area contributed by atoms with Gasteiger partial charge in [0, 0.05) is 0 Å². The van der Waals surface area contributed by atoms with E-state index in [4.69, 9.17) is 5.11 Å². The summed E-state index contributed by atoms with van der Waals surface area (Å²) in [6, 6.07) is 0. The summed E-state index contributed by atoms with van der Waals surface area (Å²) in [6.07, 6.45) is -5.56. The van der Waals surface area contributed by atoms with Crippen LogP contribution in [0.25, 0.3) is 0 Å². The summed E-state index contributed by atoms with van der Waals surface area (Å²) in [6.45, 7) is 0.907. The highest BCUT2D eigenvalue weighted by Gasteiger charge is 2.74. The van der Waals surface area contributed by atoms with Gasteiger partial charge in [-0.1, -0.05) is 0 Å². The van der Waals surface area contributed by atoms with Crippen molar-refractivity contribution in [3.05, 3.63) is 12.2 Å². The molecule has 18 heavy (non-hydrogen) atoms. The minimum atomic E-state index is -4.89. The fraction of sp³-hybridized carbons (Fsp3) is 0.500. The van der Waals surface area contributed by atoms with E-state index in [1.54, 1.807) is 5.92 Å². The van der Waals surface area contributed by atoms with E-state index in [1.807, 2.05) is 0 Å². The Bertz CT molecular complexity index is 452. The molecule has 3 nitrogen and oxygen atoms in total. The van der Waals surface area contributed by atoms with E-state index >= 15 is 0 Å². The predicted molar refractivity (Wildman–Crippen MR) is 49.2 cm³/mol. The molecule has 0 aromatic rings. The van der Waals surface area contributed by atoms with Crippen molar-refractivity contribution in [2.45, 2.75) is 30.5 Å². The monoisotopic (exact) mass is 270 g/mol. The first kappa shape index (κ1) is 14.3. The lowest BCUT2D eigenvalue weighted by molar-refractivity contribution is -0.254. The van der Waals surface area contributed by atoms with Crippen LogP contribution >= 0.6 is 0 Å². The molecular formula is C10H7F5O3. The van der Waals surface area contributed by atoms with Crippen molar-refractivity contribution in [1.82, 2.24) is 0 Å². The molecule has 3 atom stereocenters. The molecule has 0 fully saturated rings. The number of carboxylic acid groups (broad SMARTS) is 1. The topological polar surface area (TPSA) is 46.5 Å². The van der Waals surface area contributed by atoms with E-state index < -0.39 is 29.8 Å². The molecule has 0 aliphatic heterocycles. The molecule has 0 aromatic heterocycles. The van der Waals surface area contributed by atoms with Crippen molar-refractivity contribution in [3.8, 4) is 11.8 Å². The molecule has 0 aromatic carbocycles. The van der Waals surface area contributed by atoms with Crippen molar-refractivity contribution in [1.29, 1.82) is 0 Å². The van der Waals surface area contributed by atoms with Crippen molar-refractivity contribution >= 4 is 6.16 Å². The van der Waals surface area contributed by atoms with E-state index in [0.29, 0.717) is 0 Å². The van der Waals surface area contributed by atoms with Crippen LogP contribution in [0.1, 0.15) is 6.92 Å². The van der Waals surface area contributed by atoms with Crippen molar-refractivity contribution in [2.24, 2.45) is 0 Å². The molecule has 0 amide bonds. The first-order valence-corrected chi connectivity index (χ1v) is 4.55. The van der Waals surface area contributed by atoms with Crippen LogP contribution < -0.4 is 0 Å². The molecule has 0 spiro atoms. The molecule has 0 radical (unpaired) electrons. The van der Waals surface area contributed by atoms with Gasteiger partial charge in [0.25, 0.3) is 0 Å². The standard InChI is InChI=1S/C10H7F5O3/c1-2-4-8(12)9(13,18-7(16)17)5-3-6(11)10(8,14)15/h3,5-6H,1H3,(H,16,17). The van der Waals surface area contributed by atoms with Crippen LogP contribution in [-0.2, 0) is 4.74 Å². The Kier molecular flexibility index (Phi) is 3.30. The van der Waals surface area contributed by atoms with E-state index in [0.717, 1.165) is 12.8 Å². The molecule has 1 aliphatic carbocycles. The summed E-state index contributed by atoms with van der Waals surface area (Å²) < 4.78 is 71.1. The molecule has 1 N–H and O–H groups in total. The van der Waals surface area contributed by atoms with E-state index in [9.17, 15) is 26.7 Å². The second-order valence-corrected chi connectivity index (χ2v) is 3.43. The third-order valence-corrected chi connectivity index (χ3v) is 2.29. The summed E-state index contributed by atoms with van der Waals surface area (Å²) in [7, 11) is 0. The lowest BCUT2D eigenvalue weighted by atomic mass is 9.82. The molecule has 0 bridgehead atoms. The van der Waals surface area contributed by atoms with Gasteiger partial charge in [-0.15, -0.1) is 5.92 Å². The fourth-order valence-corrected chi connectivity index (χ4v) is 1.43. The number of ether oxygens (including phenoxy) is 1. The third kappa shape index (κ3) is 1.79. The highest BCUT2D eigenvalue weighted by Crippen LogP contribution is 2.50. The van der Waals surface area contributed by atoms with Crippen LogP contribution in [0.2, 0.25) is 0 Å². The third-order valence-electron chi connectivity index (χ3n) is 2.29. The van der Waals surface area contributed by atoms with E-state index in [1.165, 1.54) is 0 Å². The van der Waals surface area contributed by atoms with Gasteiger partial charge in [-0.2, -0.15) is 13.2 Å². The fourth-order valence-electron chi connectivity index (χ4n) is 1.43. The summed E-state index contributed by atoms with van der Waals surface area (Å²) in [5.41, 5.74) is -4.44. The van der Waals surface area contributed by atoms with Gasteiger partial charge in [0.05, 0.1) is 0 Å². The normalized spacial score (nSPS) is 37.6. The zero-order valence-corrected chi connectivity index (χ0v) is 8.89. The largest absolute Gasteiger partial charge is 0.508 e. The Morgan fingerprint density at radius 3 is 2.39 bits per heavy atom. The first-order valence-electron chi connectivity index (χ1n) is 4.55. The average molecular weight is 270 g/mol. The Labute approximate surface area is 98.2 Å². The van der Waals surface area contributed by atoms with E-state index in [2.05, 4.69) is 4.74 Å². The van der Waals surface area contributed by atoms with Gasteiger partial charge < -0.3 is 9.84 Å². The van der Waals surface area contributed by atoms with Crippen LogP contribution in [-0.4, -0.2) is 34.9 Å². The molecule has 0 saturated carbocycles. The van der Waals surface area contributed by atoms with Crippen LogP contribution in [0.4, 0.5) is 26.7 Å². The highest BCUT2D eigenvalue weighted by molar-refractivity contribution is 5.59. The summed E-state index contributed by atoms with van der Waals surface area (Å²) in [5, 5.41) is 8.22. The van der Waals surface area contributed by atoms with Crippen molar-refractivity contribution in [2.75, 3.05) is 0 Å². The SMILES string of the molecule is CC#CC1(F)C(F)(OC(=O)O)C=CC(F)C1(F)F. The Hall–Kier alpha value is -1.78. The smallest absolute Gasteiger partial charge is 0.450 e. The van der Waals surface area contributed by atoms with Gasteiger partial charge in [-0.25, -0.2) is 13.6 Å². The number of allylic oxidation sites excluding steroid dienone is 1. The second kappa shape index (κ2) is 4.15. The quantitative estimate of drug-likeness (QED) is 0.345. The minimum Gasteiger partial charge on any atom is -0.450 e. The second-order valence-electron chi connectivity index (χ2n) is 3.43. The van der Waals surface area contributed by atoms with Gasteiger partial charge in [-0.3, -0.25) is 0 Å². The highest BCUT2D eigenvalue weighted by atomic mass is 19.3. The number of hydrogen-bond acceptors (Lipinski definition) is 2. The maximum atomic E-state index is 14.0. The maximum Gasteiger partial charge on any atom is 0.508 e. The van der Waals surface area contributed by atoms with Crippen LogP contribution in [0.15, 0.2) is 12.2 Å². The molecule has 1 rings (SSSR count). The maximum absolute atomic E-state index is 14.0. The van der Waals surface area contributed by atoms with Gasteiger partial charge >= 0.3 is 23.6 Å².